The summed E-state index contributed by atoms with van der Waals surface area (Å²) in [6.07, 6.45) is 1.00. The number of hydrogen-bond acceptors (Lipinski definition) is 3. The number of piperidine rings is 1. The number of rotatable bonds is 2. The summed E-state index contributed by atoms with van der Waals surface area (Å²) in [6.45, 7) is 6.33. The van der Waals surface area contributed by atoms with E-state index in [1.165, 1.54) is 11.3 Å². The van der Waals surface area contributed by atoms with Crippen molar-refractivity contribution >= 4 is 17.2 Å². The van der Waals surface area contributed by atoms with Crippen molar-refractivity contribution in [3.05, 3.63) is 22.4 Å². The maximum absolute atomic E-state index is 11.9. The molecule has 0 aliphatic carbocycles. The molecule has 0 spiro atoms. The topological polar surface area (TPSA) is 41.1 Å². The SMILES string of the molecule is CC1(C)CNCCC1NC(=O)c1cccs1. The van der Waals surface area contributed by atoms with Crippen LogP contribution in [0.1, 0.15) is 29.9 Å². The third-order valence-corrected chi connectivity index (χ3v) is 4.05. The number of hydrogen-bond donors (Lipinski definition) is 2. The van der Waals surface area contributed by atoms with Crippen LogP contribution in [-0.4, -0.2) is 25.0 Å². The average Bonchev–Trinajstić information content (AvgIpc) is 2.74. The molecule has 1 aromatic rings. The van der Waals surface area contributed by atoms with E-state index in [0.717, 1.165) is 24.4 Å². The molecule has 2 heterocycles. The summed E-state index contributed by atoms with van der Waals surface area (Å²) in [5.41, 5.74) is 0.130. The Morgan fingerprint density at radius 2 is 2.44 bits per heavy atom. The third-order valence-electron chi connectivity index (χ3n) is 3.18. The summed E-state index contributed by atoms with van der Waals surface area (Å²) in [7, 11) is 0. The van der Waals surface area contributed by atoms with Gasteiger partial charge in [0, 0.05) is 12.6 Å². The Labute approximate surface area is 100 Å². The largest absolute Gasteiger partial charge is 0.348 e. The van der Waals surface area contributed by atoms with E-state index in [9.17, 15) is 4.79 Å². The molecule has 1 amide bonds. The van der Waals surface area contributed by atoms with E-state index in [2.05, 4.69) is 24.5 Å². The number of nitrogens with one attached hydrogen (secondary N) is 2. The summed E-state index contributed by atoms with van der Waals surface area (Å²) in [5.74, 6) is 0.0648. The lowest BCUT2D eigenvalue weighted by molar-refractivity contribution is 0.0873. The van der Waals surface area contributed by atoms with E-state index in [-0.39, 0.29) is 17.4 Å². The summed E-state index contributed by atoms with van der Waals surface area (Å²) < 4.78 is 0. The Kier molecular flexibility index (Phi) is 3.30. The molecule has 0 bridgehead atoms. The summed E-state index contributed by atoms with van der Waals surface area (Å²) in [5, 5.41) is 8.44. The highest BCUT2D eigenvalue weighted by molar-refractivity contribution is 7.12. The van der Waals surface area contributed by atoms with Gasteiger partial charge in [0.05, 0.1) is 4.88 Å². The summed E-state index contributed by atoms with van der Waals surface area (Å²) in [4.78, 5) is 12.7. The first-order valence-electron chi connectivity index (χ1n) is 5.65. The van der Waals surface area contributed by atoms with Crippen molar-refractivity contribution in [1.29, 1.82) is 0 Å². The highest BCUT2D eigenvalue weighted by Crippen LogP contribution is 2.25. The van der Waals surface area contributed by atoms with Gasteiger partial charge in [0.15, 0.2) is 0 Å². The average molecular weight is 238 g/mol. The lowest BCUT2D eigenvalue weighted by Gasteiger charge is -2.39. The quantitative estimate of drug-likeness (QED) is 0.826. The molecule has 2 rings (SSSR count). The number of amides is 1. The van der Waals surface area contributed by atoms with Gasteiger partial charge in [-0.1, -0.05) is 19.9 Å². The normalized spacial score (nSPS) is 24.0. The Morgan fingerprint density at radius 3 is 3.06 bits per heavy atom. The first kappa shape index (κ1) is 11.6. The fourth-order valence-corrected chi connectivity index (χ4v) is 2.70. The van der Waals surface area contributed by atoms with Crippen LogP contribution in [-0.2, 0) is 0 Å². The van der Waals surface area contributed by atoms with Gasteiger partial charge in [-0.05, 0) is 29.8 Å². The first-order valence-corrected chi connectivity index (χ1v) is 6.53. The fraction of sp³-hybridized carbons (Fsp3) is 0.583. The molecule has 2 N–H and O–H groups in total. The molecular weight excluding hydrogens is 220 g/mol. The van der Waals surface area contributed by atoms with E-state index >= 15 is 0 Å². The molecule has 1 saturated heterocycles. The Bertz CT molecular complexity index is 359. The zero-order chi connectivity index (χ0) is 11.6. The zero-order valence-electron chi connectivity index (χ0n) is 9.75. The second-order valence-electron chi connectivity index (χ2n) is 4.96. The first-order chi connectivity index (χ1) is 7.59. The van der Waals surface area contributed by atoms with Crippen molar-refractivity contribution in [2.75, 3.05) is 13.1 Å². The molecule has 1 aliphatic heterocycles. The van der Waals surface area contributed by atoms with Gasteiger partial charge < -0.3 is 10.6 Å². The molecule has 3 nitrogen and oxygen atoms in total. The van der Waals surface area contributed by atoms with Crippen LogP contribution in [0.3, 0.4) is 0 Å². The van der Waals surface area contributed by atoms with Crippen LogP contribution in [0.5, 0.6) is 0 Å². The lowest BCUT2D eigenvalue weighted by Crippen LogP contribution is -2.54. The second kappa shape index (κ2) is 4.55. The third kappa shape index (κ3) is 2.44. The number of carbonyl (C=O) groups is 1. The zero-order valence-corrected chi connectivity index (χ0v) is 10.6. The van der Waals surface area contributed by atoms with Crippen LogP contribution in [0.2, 0.25) is 0 Å². The van der Waals surface area contributed by atoms with Crippen molar-refractivity contribution in [2.45, 2.75) is 26.3 Å². The lowest BCUT2D eigenvalue weighted by atomic mass is 9.80. The van der Waals surface area contributed by atoms with Crippen LogP contribution in [0.15, 0.2) is 17.5 Å². The van der Waals surface area contributed by atoms with Crippen molar-refractivity contribution in [3.8, 4) is 0 Å². The molecule has 4 heteroatoms. The molecule has 0 radical (unpaired) electrons. The van der Waals surface area contributed by atoms with Gasteiger partial charge >= 0.3 is 0 Å². The van der Waals surface area contributed by atoms with E-state index in [0.29, 0.717) is 0 Å². The smallest absolute Gasteiger partial charge is 0.261 e. The standard InChI is InChI=1S/C12H18N2OS/c1-12(2)8-13-6-5-10(12)14-11(15)9-4-3-7-16-9/h3-4,7,10,13H,5-6,8H2,1-2H3,(H,14,15). The monoisotopic (exact) mass is 238 g/mol. The Hall–Kier alpha value is -0.870. The molecular formula is C12H18N2OS. The van der Waals surface area contributed by atoms with Gasteiger partial charge in [0.25, 0.3) is 5.91 Å². The molecule has 0 saturated carbocycles. The van der Waals surface area contributed by atoms with Crippen LogP contribution in [0.25, 0.3) is 0 Å². The summed E-state index contributed by atoms with van der Waals surface area (Å²) >= 11 is 1.49. The molecule has 1 fully saturated rings. The van der Waals surface area contributed by atoms with Crippen LogP contribution >= 0.6 is 11.3 Å². The van der Waals surface area contributed by atoms with E-state index in [4.69, 9.17) is 0 Å². The van der Waals surface area contributed by atoms with Gasteiger partial charge in [0.1, 0.15) is 0 Å². The minimum absolute atomic E-state index is 0.0648. The van der Waals surface area contributed by atoms with Crippen molar-refractivity contribution in [3.63, 3.8) is 0 Å². The van der Waals surface area contributed by atoms with Gasteiger partial charge in [-0.25, -0.2) is 0 Å². The Morgan fingerprint density at radius 1 is 1.62 bits per heavy atom. The number of carbonyl (C=O) groups excluding carboxylic acids is 1. The number of thiophene rings is 1. The Balaban J connectivity index is 2.01. The van der Waals surface area contributed by atoms with Gasteiger partial charge in [-0.15, -0.1) is 11.3 Å². The second-order valence-corrected chi connectivity index (χ2v) is 5.91. The highest BCUT2D eigenvalue weighted by atomic mass is 32.1. The van der Waals surface area contributed by atoms with Gasteiger partial charge in [0.2, 0.25) is 0 Å². The minimum Gasteiger partial charge on any atom is -0.348 e. The minimum atomic E-state index is 0.0648. The predicted molar refractivity (Wildman–Crippen MR) is 66.8 cm³/mol. The molecule has 1 unspecified atom stereocenters. The van der Waals surface area contributed by atoms with Crippen molar-refractivity contribution in [1.82, 2.24) is 10.6 Å². The highest BCUT2D eigenvalue weighted by Gasteiger charge is 2.33. The maximum Gasteiger partial charge on any atom is 0.261 e. The van der Waals surface area contributed by atoms with E-state index in [1.807, 2.05) is 17.5 Å². The van der Waals surface area contributed by atoms with E-state index in [1.54, 1.807) is 0 Å². The summed E-state index contributed by atoms with van der Waals surface area (Å²) in [6, 6.07) is 4.05. The molecule has 1 aliphatic rings. The maximum atomic E-state index is 11.9. The van der Waals surface area contributed by atoms with Crippen LogP contribution in [0, 0.1) is 5.41 Å². The molecule has 1 atom stereocenters. The fourth-order valence-electron chi connectivity index (χ4n) is 2.08. The molecule has 0 aromatic carbocycles. The van der Waals surface area contributed by atoms with Crippen molar-refractivity contribution in [2.24, 2.45) is 5.41 Å². The van der Waals surface area contributed by atoms with Crippen molar-refractivity contribution < 1.29 is 4.79 Å². The predicted octanol–water partition coefficient (Wildman–Crippen LogP) is 1.87. The molecule has 1 aromatic heterocycles. The van der Waals surface area contributed by atoms with Gasteiger partial charge in [-0.3, -0.25) is 4.79 Å². The molecule has 16 heavy (non-hydrogen) atoms. The molecule has 88 valence electrons. The van der Waals surface area contributed by atoms with Gasteiger partial charge in [-0.2, -0.15) is 0 Å². The van der Waals surface area contributed by atoms with Crippen LogP contribution in [0.4, 0.5) is 0 Å². The van der Waals surface area contributed by atoms with E-state index < -0.39 is 0 Å². The van der Waals surface area contributed by atoms with Crippen LogP contribution < -0.4 is 10.6 Å².